The summed E-state index contributed by atoms with van der Waals surface area (Å²) in [7, 11) is 7.28. The number of amides is 1. The van der Waals surface area contributed by atoms with Gasteiger partial charge in [0.25, 0.3) is 5.91 Å². The summed E-state index contributed by atoms with van der Waals surface area (Å²) in [6.07, 6.45) is 1.62. The van der Waals surface area contributed by atoms with E-state index >= 15 is 0 Å². The number of carbonyl (C=O) groups is 1. The van der Waals surface area contributed by atoms with Gasteiger partial charge >= 0.3 is 5.69 Å². The van der Waals surface area contributed by atoms with Crippen LogP contribution in [0.25, 0.3) is 22.1 Å². The molecule has 32 heavy (non-hydrogen) atoms. The fourth-order valence-electron chi connectivity index (χ4n) is 4.03. The summed E-state index contributed by atoms with van der Waals surface area (Å²) in [5.41, 5.74) is 6.85. The smallest absolute Gasteiger partial charge is 0.328 e. The third-order valence-corrected chi connectivity index (χ3v) is 5.87. The molecule has 0 spiro atoms. The van der Waals surface area contributed by atoms with Crippen LogP contribution in [0.1, 0.15) is 35.6 Å². The lowest BCUT2D eigenvalue weighted by atomic mass is 10.1. The number of carbonyl (C=O) groups excluding carboxylic acids is 1. The maximum Gasteiger partial charge on any atom is 0.328 e. The Balaban J connectivity index is 1.76. The molecule has 0 aliphatic carbocycles. The molecule has 0 bridgehead atoms. The number of fused-ring (bicyclic) bond motifs is 2. The first kappa shape index (κ1) is 21.5. The van der Waals surface area contributed by atoms with Crippen LogP contribution in [0, 0.1) is 0 Å². The lowest BCUT2D eigenvalue weighted by molar-refractivity contribution is 0.102. The normalized spacial score (nSPS) is 11.3. The molecule has 4 rings (SSSR count). The van der Waals surface area contributed by atoms with Gasteiger partial charge in [-0.25, -0.2) is 14.8 Å². The van der Waals surface area contributed by atoms with E-state index in [1.807, 2.05) is 37.2 Å². The molecule has 0 atom stereocenters. The van der Waals surface area contributed by atoms with Gasteiger partial charge in [0.2, 0.25) is 0 Å². The van der Waals surface area contributed by atoms with Gasteiger partial charge in [0.1, 0.15) is 0 Å². The molecule has 0 aliphatic rings. The fraction of sp³-hybridized carbons (Fsp3) is 0.333. The Labute approximate surface area is 186 Å². The molecule has 4 aromatic rings. The second kappa shape index (κ2) is 8.11. The van der Waals surface area contributed by atoms with Crippen LogP contribution in [0.5, 0.6) is 0 Å². The molecule has 166 valence electrons. The highest BCUT2D eigenvalue weighted by Crippen LogP contribution is 2.30. The van der Waals surface area contributed by atoms with Crippen LogP contribution in [0.4, 0.5) is 11.4 Å². The topological polar surface area (TPSA) is 85.0 Å². The summed E-state index contributed by atoms with van der Waals surface area (Å²) in [6, 6.07) is 9.14. The zero-order valence-corrected chi connectivity index (χ0v) is 19.4. The third-order valence-electron chi connectivity index (χ3n) is 5.87. The first-order chi connectivity index (χ1) is 15.2. The van der Waals surface area contributed by atoms with Crippen LogP contribution in [0.2, 0.25) is 0 Å². The van der Waals surface area contributed by atoms with Gasteiger partial charge in [-0.1, -0.05) is 13.8 Å². The molecule has 0 fully saturated rings. The second-order valence-corrected chi connectivity index (χ2v) is 8.13. The molecular formula is C24H28N6O2. The first-order valence-corrected chi connectivity index (χ1v) is 10.7. The Morgan fingerprint density at radius 3 is 2.12 bits per heavy atom. The summed E-state index contributed by atoms with van der Waals surface area (Å²) in [6.45, 7) is 4.12. The molecule has 0 saturated carbocycles. The molecule has 2 aromatic carbocycles. The number of rotatable bonds is 5. The zero-order chi connectivity index (χ0) is 23.2. The number of anilines is 2. The van der Waals surface area contributed by atoms with E-state index in [0.29, 0.717) is 16.8 Å². The van der Waals surface area contributed by atoms with E-state index < -0.39 is 0 Å². The predicted molar refractivity (Wildman–Crippen MR) is 129 cm³/mol. The van der Waals surface area contributed by atoms with E-state index in [0.717, 1.165) is 46.5 Å². The molecule has 1 amide bonds. The van der Waals surface area contributed by atoms with Crippen LogP contribution < -0.4 is 15.9 Å². The number of benzene rings is 2. The largest absolute Gasteiger partial charge is 0.376 e. The predicted octanol–water partition coefficient (Wildman–Crippen LogP) is 3.26. The maximum atomic E-state index is 13.2. The first-order valence-electron chi connectivity index (χ1n) is 10.7. The van der Waals surface area contributed by atoms with Gasteiger partial charge < -0.3 is 10.2 Å². The molecule has 2 heterocycles. The highest BCUT2D eigenvalue weighted by Gasteiger charge is 2.17. The average molecular weight is 433 g/mol. The summed E-state index contributed by atoms with van der Waals surface area (Å²) < 4.78 is 3.18. The van der Waals surface area contributed by atoms with Gasteiger partial charge in [0, 0.05) is 33.8 Å². The van der Waals surface area contributed by atoms with Gasteiger partial charge in [-0.05, 0) is 43.2 Å². The number of hydrogen-bond acceptors (Lipinski definition) is 5. The minimum atomic E-state index is -0.241. The van der Waals surface area contributed by atoms with E-state index in [4.69, 9.17) is 9.97 Å². The summed E-state index contributed by atoms with van der Waals surface area (Å²) in [4.78, 5) is 36.9. The van der Waals surface area contributed by atoms with Crippen molar-refractivity contribution in [1.29, 1.82) is 0 Å². The Morgan fingerprint density at radius 2 is 1.53 bits per heavy atom. The van der Waals surface area contributed by atoms with Crippen LogP contribution >= 0.6 is 0 Å². The van der Waals surface area contributed by atoms with Crippen molar-refractivity contribution in [3.8, 4) is 0 Å². The SMILES string of the molecule is CCc1nc2ccc(C(=O)Nc3cc4c(cc3N(C)C)n(C)c(=O)n4C)cc2nc1CC. The summed E-state index contributed by atoms with van der Waals surface area (Å²) in [5, 5.41) is 3.02. The van der Waals surface area contributed by atoms with Crippen LogP contribution in [-0.2, 0) is 26.9 Å². The highest BCUT2D eigenvalue weighted by atomic mass is 16.2. The Kier molecular flexibility index (Phi) is 5.46. The van der Waals surface area contributed by atoms with E-state index in [1.165, 1.54) is 0 Å². The number of nitrogens with zero attached hydrogens (tertiary/aromatic N) is 5. The van der Waals surface area contributed by atoms with Crippen molar-refractivity contribution in [3.05, 3.63) is 57.8 Å². The van der Waals surface area contributed by atoms with Crippen molar-refractivity contribution in [2.75, 3.05) is 24.3 Å². The number of hydrogen-bond donors (Lipinski definition) is 1. The van der Waals surface area contributed by atoms with Crippen LogP contribution in [-0.4, -0.2) is 39.1 Å². The van der Waals surface area contributed by atoms with Crippen molar-refractivity contribution in [1.82, 2.24) is 19.1 Å². The fourth-order valence-corrected chi connectivity index (χ4v) is 4.03. The molecule has 8 nitrogen and oxygen atoms in total. The Morgan fingerprint density at radius 1 is 0.938 bits per heavy atom. The number of aryl methyl sites for hydroxylation is 4. The van der Waals surface area contributed by atoms with Crippen molar-refractivity contribution < 1.29 is 4.79 Å². The highest BCUT2D eigenvalue weighted by molar-refractivity contribution is 6.08. The maximum absolute atomic E-state index is 13.2. The molecule has 0 unspecified atom stereocenters. The van der Waals surface area contributed by atoms with Gasteiger partial charge in [-0.15, -0.1) is 0 Å². The second-order valence-electron chi connectivity index (χ2n) is 8.13. The monoisotopic (exact) mass is 432 g/mol. The lowest BCUT2D eigenvalue weighted by Gasteiger charge is -2.19. The molecule has 1 N–H and O–H groups in total. The van der Waals surface area contributed by atoms with Gasteiger partial charge in [0.05, 0.1) is 44.8 Å². The van der Waals surface area contributed by atoms with Crippen molar-refractivity contribution >= 4 is 39.3 Å². The average Bonchev–Trinajstić information content (AvgIpc) is 3.00. The summed E-state index contributed by atoms with van der Waals surface area (Å²) in [5.74, 6) is -0.241. The van der Waals surface area contributed by atoms with Crippen LogP contribution in [0.3, 0.4) is 0 Å². The molecular weight excluding hydrogens is 404 g/mol. The lowest BCUT2D eigenvalue weighted by Crippen LogP contribution is -2.19. The number of nitrogens with one attached hydrogen (secondary N) is 1. The minimum Gasteiger partial charge on any atom is -0.376 e. The van der Waals surface area contributed by atoms with Gasteiger partial charge in [-0.3, -0.25) is 13.9 Å². The molecule has 0 radical (unpaired) electrons. The molecule has 8 heteroatoms. The van der Waals surface area contributed by atoms with Crippen molar-refractivity contribution in [3.63, 3.8) is 0 Å². The minimum absolute atomic E-state index is 0.112. The molecule has 0 aliphatic heterocycles. The Bertz CT molecular complexity index is 1410. The van der Waals surface area contributed by atoms with Gasteiger partial charge in [0.15, 0.2) is 0 Å². The van der Waals surface area contributed by atoms with Crippen LogP contribution in [0.15, 0.2) is 35.1 Å². The van der Waals surface area contributed by atoms with E-state index in [9.17, 15) is 9.59 Å². The molecule has 0 saturated heterocycles. The van der Waals surface area contributed by atoms with Gasteiger partial charge in [-0.2, -0.15) is 0 Å². The zero-order valence-electron chi connectivity index (χ0n) is 19.4. The number of imidazole rings is 1. The Hall–Kier alpha value is -3.68. The van der Waals surface area contributed by atoms with E-state index in [2.05, 4.69) is 19.2 Å². The van der Waals surface area contributed by atoms with Crippen molar-refractivity contribution in [2.24, 2.45) is 14.1 Å². The third kappa shape index (κ3) is 3.51. The quantitative estimate of drug-likeness (QED) is 0.523. The summed E-state index contributed by atoms with van der Waals surface area (Å²) >= 11 is 0. The molecule has 2 aromatic heterocycles. The standard InChI is InChI=1S/C24H28N6O2/c1-7-15-16(8-2)26-18-11-14(9-10-17(18)25-15)23(31)27-19-12-21-22(13-20(19)28(3)4)30(6)24(32)29(21)5/h9-13H,7-8H2,1-6H3,(H,27,31). The van der Waals surface area contributed by atoms with E-state index in [-0.39, 0.29) is 11.6 Å². The van der Waals surface area contributed by atoms with E-state index in [1.54, 1.807) is 35.4 Å². The van der Waals surface area contributed by atoms with Crippen molar-refractivity contribution in [2.45, 2.75) is 26.7 Å². The number of aromatic nitrogens is 4.